The number of rotatable bonds is 3. The summed E-state index contributed by atoms with van der Waals surface area (Å²) < 4.78 is 56.5. The smallest absolute Gasteiger partial charge is 0.224 e. The molecule has 1 aromatic carbocycles. The second kappa shape index (κ2) is 5.26. The van der Waals surface area contributed by atoms with E-state index in [1.54, 1.807) is 18.2 Å². The third kappa shape index (κ3) is 2.00. The van der Waals surface area contributed by atoms with Crippen LogP contribution in [0.25, 0.3) is 11.0 Å². The summed E-state index contributed by atoms with van der Waals surface area (Å²) in [6.45, 7) is 0. The maximum Gasteiger partial charge on any atom is 0.269 e. The summed E-state index contributed by atoms with van der Waals surface area (Å²) in [5, 5.41) is 0.183. The van der Waals surface area contributed by atoms with Crippen LogP contribution in [-0.4, -0.2) is 28.3 Å². The van der Waals surface area contributed by atoms with Gasteiger partial charge in [0.05, 0.1) is 15.7 Å². The van der Waals surface area contributed by atoms with Crippen LogP contribution < -0.4 is 0 Å². The first-order valence-corrected chi connectivity index (χ1v) is 10.3. The highest BCUT2D eigenvalue weighted by atomic mass is 35.5. The van der Waals surface area contributed by atoms with Gasteiger partial charge in [0, 0.05) is 12.1 Å². The molecule has 9 heteroatoms. The van der Waals surface area contributed by atoms with Crippen molar-refractivity contribution in [1.29, 1.82) is 0 Å². The Morgan fingerprint density at radius 2 is 1.93 bits per heavy atom. The molecule has 2 atom stereocenters. The van der Waals surface area contributed by atoms with Crippen LogP contribution in [0.3, 0.4) is 0 Å². The van der Waals surface area contributed by atoms with Gasteiger partial charge in [0.1, 0.15) is 11.5 Å². The minimum absolute atomic E-state index is 0.0141. The molecule has 2 fully saturated rings. The van der Waals surface area contributed by atoms with Gasteiger partial charge in [-0.05, 0) is 30.5 Å². The van der Waals surface area contributed by atoms with Gasteiger partial charge in [0.25, 0.3) is 15.9 Å². The van der Waals surface area contributed by atoms with Gasteiger partial charge in [-0.25, -0.2) is 31.1 Å². The van der Waals surface area contributed by atoms with E-state index in [-0.39, 0.29) is 26.6 Å². The van der Waals surface area contributed by atoms with Gasteiger partial charge in [-0.1, -0.05) is 36.2 Å². The Bertz CT molecular complexity index is 1180. The van der Waals surface area contributed by atoms with Gasteiger partial charge < -0.3 is 0 Å². The van der Waals surface area contributed by atoms with E-state index in [1.807, 2.05) is 0 Å². The van der Waals surface area contributed by atoms with Crippen LogP contribution in [0.1, 0.15) is 24.8 Å². The second-order valence-corrected chi connectivity index (χ2v) is 9.23. The predicted octanol–water partition coefficient (Wildman–Crippen LogP) is 4.01. The zero-order chi connectivity index (χ0) is 19.0. The van der Waals surface area contributed by atoms with Gasteiger partial charge in [-0.2, -0.15) is 0 Å². The number of aromatic nitrogens is 3. The molecule has 2 saturated carbocycles. The zero-order valence-corrected chi connectivity index (χ0v) is 15.5. The monoisotopic (exact) mass is 409 g/mol. The zero-order valence-electron chi connectivity index (χ0n) is 13.9. The van der Waals surface area contributed by atoms with E-state index in [4.69, 9.17) is 11.6 Å². The van der Waals surface area contributed by atoms with Crippen LogP contribution >= 0.6 is 11.6 Å². The molecule has 0 bridgehead atoms. The van der Waals surface area contributed by atoms with Crippen molar-refractivity contribution in [3.63, 3.8) is 0 Å². The van der Waals surface area contributed by atoms with Crippen LogP contribution in [0.5, 0.6) is 0 Å². The van der Waals surface area contributed by atoms with Gasteiger partial charge >= 0.3 is 0 Å². The lowest BCUT2D eigenvalue weighted by molar-refractivity contribution is 0.0641. The first-order chi connectivity index (χ1) is 12.8. The standard InChI is InChI=1S/C18H14ClF2N3O2S/c19-15-14-12(17-8-4-7-13(17)18(17,20)21)9-24(16(14)23-10-22-15)27(25,26)11-5-2-1-3-6-11/h1-3,5-6,9-10,13H,4,7-8H2. The Morgan fingerprint density at radius 1 is 1.19 bits per heavy atom. The Kier molecular flexibility index (Phi) is 3.32. The normalized spacial score (nSPS) is 26.3. The molecule has 0 amide bonds. The van der Waals surface area contributed by atoms with Crippen molar-refractivity contribution in [2.24, 2.45) is 5.92 Å². The van der Waals surface area contributed by atoms with E-state index in [0.717, 1.165) is 10.3 Å². The van der Waals surface area contributed by atoms with Crippen molar-refractivity contribution in [2.45, 2.75) is 35.5 Å². The molecule has 0 N–H and O–H groups in total. The Hall–Kier alpha value is -2.06. The Morgan fingerprint density at radius 3 is 2.59 bits per heavy atom. The summed E-state index contributed by atoms with van der Waals surface area (Å²) >= 11 is 6.22. The molecule has 27 heavy (non-hydrogen) atoms. The average Bonchev–Trinajstić information content (AvgIpc) is 3.07. The largest absolute Gasteiger partial charge is 0.269 e. The van der Waals surface area contributed by atoms with Crippen molar-refractivity contribution in [3.05, 3.63) is 53.6 Å². The summed E-state index contributed by atoms with van der Waals surface area (Å²) in [6.07, 6.45) is 3.79. The number of nitrogens with zero attached hydrogens (tertiary/aromatic N) is 3. The predicted molar refractivity (Wildman–Crippen MR) is 95.5 cm³/mol. The summed E-state index contributed by atoms with van der Waals surface area (Å²) in [5.74, 6) is -3.67. The first kappa shape index (κ1) is 17.1. The number of benzene rings is 1. The molecule has 2 unspecified atom stereocenters. The molecule has 0 radical (unpaired) electrons. The minimum atomic E-state index is -4.01. The van der Waals surface area contributed by atoms with Crippen LogP contribution in [-0.2, 0) is 15.4 Å². The van der Waals surface area contributed by atoms with Gasteiger partial charge in [0.15, 0.2) is 5.65 Å². The maximum absolute atomic E-state index is 14.6. The molecule has 2 aliphatic carbocycles. The van der Waals surface area contributed by atoms with Gasteiger partial charge in [-0.15, -0.1) is 0 Å². The van der Waals surface area contributed by atoms with E-state index < -0.39 is 27.3 Å². The topological polar surface area (TPSA) is 64.8 Å². The SMILES string of the molecule is O=S(=O)(c1ccccc1)n1cc(C23CCCC2C3(F)F)c2c(Cl)ncnc21. The van der Waals surface area contributed by atoms with Crippen LogP contribution in [0.2, 0.25) is 5.15 Å². The van der Waals surface area contributed by atoms with Crippen molar-refractivity contribution in [1.82, 2.24) is 13.9 Å². The van der Waals surface area contributed by atoms with Crippen LogP contribution in [0.4, 0.5) is 8.78 Å². The molecule has 3 aromatic rings. The Labute approximate surface area is 159 Å². The molecule has 5 rings (SSSR count). The molecule has 0 spiro atoms. The fourth-order valence-corrected chi connectivity index (χ4v) is 6.18. The Balaban J connectivity index is 1.82. The molecule has 2 aliphatic rings. The lowest BCUT2D eigenvalue weighted by Crippen LogP contribution is -2.16. The summed E-state index contributed by atoms with van der Waals surface area (Å²) in [6, 6.07) is 7.80. The molecule has 0 saturated heterocycles. The van der Waals surface area contributed by atoms with Gasteiger partial charge in [0.2, 0.25) is 0 Å². The molecule has 2 aromatic heterocycles. The molecule has 0 aliphatic heterocycles. The van der Waals surface area contributed by atoms with E-state index in [1.165, 1.54) is 18.3 Å². The number of halogens is 3. The quantitative estimate of drug-likeness (QED) is 0.613. The highest BCUT2D eigenvalue weighted by Gasteiger charge is 2.82. The lowest BCUT2D eigenvalue weighted by atomic mass is 9.93. The van der Waals surface area contributed by atoms with Crippen molar-refractivity contribution in [2.75, 3.05) is 0 Å². The minimum Gasteiger partial charge on any atom is -0.224 e. The second-order valence-electron chi connectivity index (χ2n) is 7.06. The lowest BCUT2D eigenvalue weighted by Gasteiger charge is -2.13. The molecule has 140 valence electrons. The first-order valence-electron chi connectivity index (χ1n) is 8.52. The molecule has 2 heterocycles. The third-order valence-electron chi connectivity index (χ3n) is 5.89. The van der Waals surface area contributed by atoms with Crippen molar-refractivity contribution >= 4 is 32.7 Å². The van der Waals surface area contributed by atoms with E-state index >= 15 is 0 Å². The summed E-state index contributed by atoms with van der Waals surface area (Å²) in [7, 11) is -4.01. The molecular formula is C18H14ClF2N3O2S. The van der Waals surface area contributed by atoms with Crippen molar-refractivity contribution < 1.29 is 17.2 Å². The van der Waals surface area contributed by atoms with E-state index in [9.17, 15) is 17.2 Å². The number of hydrogen-bond donors (Lipinski definition) is 0. The summed E-state index contributed by atoms with van der Waals surface area (Å²) in [5.41, 5.74) is -1.12. The molecular weight excluding hydrogens is 396 g/mol. The van der Waals surface area contributed by atoms with Gasteiger partial charge in [-0.3, -0.25) is 0 Å². The number of alkyl halides is 2. The fraction of sp³-hybridized carbons (Fsp3) is 0.333. The van der Waals surface area contributed by atoms with E-state index in [2.05, 4.69) is 9.97 Å². The fourth-order valence-electron chi connectivity index (χ4n) is 4.61. The van der Waals surface area contributed by atoms with E-state index in [0.29, 0.717) is 19.3 Å². The van der Waals surface area contributed by atoms with Crippen LogP contribution in [0.15, 0.2) is 47.8 Å². The average molecular weight is 410 g/mol. The van der Waals surface area contributed by atoms with Crippen molar-refractivity contribution in [3.8, 4) is 0 Å². The number of hydrogen-bond acceptors (Lipinski definition) is 4. The molecule has 5 nitrogen and oxygen atoms in total. The maximum atomic E-state index is 14.6. The highest BCUT2D eigenvalue weighted by molar-refractivity contribution is 7.90. The van der Waals surface area contributed by atoms with Crippen LogP contribution in [0, 0.1) is 5.92 Å². The highest BCUT2D eigenvalue weighted by Crippen LogP contribution is 2.75. The third-order valence-corrected chi connectivity index (χ3v) is 7.84. The summed E-state index contributed by atoms with van der Waals surface area (Å²) in [4.78, 5) is 8.02. The number of fused-ring (bicyclic) bond motifs is 2.